The third-order valence-electron chi connectivity index (χ3n) is 5.08. The quantitative estimate of drug-likeness (QED) is 0.797. The van der Waals surface area contributed by atoms with Gasteiger partial charge in [0.25, 0.3) is 5.91 Å². The van der Waals surface area contributed by atoms with Gasteiger partial charge in [-0.2, -0.15) is 0 Å². The third-order valence-corrected chi connectivity index (χ3v) is 5.08. The maximum Gasteiger partial charge on any atom is 0.265 e. The van der Waals surface area contributed by atoms with Crippen LogP contribution in [0.3, 0.4) is 0 Å². The van der Waals surface area contributed by atoms with E-state index >= 15 is 0 Å². The number of amidine groups is 1. The lowest BCUT2D eigenvalue weighted by molar-refractivity contribution is 0.0826. The zero-order valence-corrected chi connectivity index (χ0v) is 15.4. The molecule has 4 rings (SSSR count). The van der Waals surface area contributed by atoms with Crippen LogP contribution in [0, 0.1) is 0 Å². The number of carbonyl (C=O) groups excluding carboxylic acids is 1. The maximum absolute atomic E-state index is 12.3. The molecule has 6 nitrogen and oxygen atoms in total. The first-order chi connectivity index (χ1) is 13.2. The lowest BCUT2D eigenvalue weighted by Crippen LogP contribution is -2.39. The number of carbonyl (C=O) groups is 1. The number of hydrogen-bond donors (Lipinski definition) is 2. The van der Waals surface area contributed by atoms with Crippen molar-refractivity contribution in [3.05, 3.63) is 70.8 Å². The molecule has 3 N–H and O–H groups in total. The molecule has 2 aromatic carbocycles. The number of rotatable bonds is 5. The highest BCUT2D eigenvalue weighted by Crippen LogP contribution is 2.15. The average Bonchev–Trinajstić information content (AvgIpc) is 3.35. The number of benzene rings is 2. The summed E-state index contributed by atoms with van der Waals surface area (Å²) in [7, 11) is 0. The Kier molecular flexibility index (Phi) is 5.18. The summed E-state index contributed by atoms with van der Waals surface area (Å²) in [5.41, 5.74) is 7.11. The number of nitrogens with one attached hydrogen (secondary N) is 1. The molecule has 2 heterocycles. The highest BCUT2D eigenvalue weighted by Gasteiger charge is 2.16. The minimum Gasteiger partial charge on any atom is -0.293 e. The third kappa shape index (κ3) is 4.18. The van der Waals surface area contributed by atoms with Crippen molar-refractivity contribution in [3.63, 3.8) is 0 Å². The first-order valence-electron chi connectivity index (χ1n) is 9.50. The maximum atomic E-state index is 12.3. The van der Waals surface area contributed by atoms with E-state index in [1.54, 1.807) is 5.01 Å². The van der Waals surface area contributed by atoms with Gasteiger partial charge in [0.2, 0.25) is 0 Å². The van der Waals surface area contributed by atoms with Crippen molar-refractivity contribution in [2.75, 3.05) is 26.2 Å². The van der Waals surface area contributed by atoms with Gasteiger partial charge < -0.3 is 0 Å². The van der Waals surface area contributed by atoms with Gasteiger partial charge in [-0.05, 0) is 42.5 Å². The average molecular weight is 363 g/mol. The second kappa shape index (κ2) is 7.90. The highest BCUT2D eigenvalue weighted by molar-refractivity contribution is 5.99. The summed E-state index contributed by atoms with van der Waals surface area (Å²) < 4.78 is 0. The van der Waals surface area contributed by atoms with E-state index in [2.05, 4.69) is 34.7 Å². The van der Waals surface area contributed by atoms with Gasteiger partial charge in [0, 0.05) is 24.2 Å². The zero-order chi connectivity index (χ0) is 18.6. The van der Waals surface area contributed by atoms with Crippen LogP contribution in [-0.4, -0.2) is 47.9 Å². The van der Waals surface area contributed by atoms with Crippen molar-refractivity contribution in [2.45, 2.75) is 19.3 Å². The Bertz CT molecular complexity index is 823. The van der Waals surface area contributed by atoms with E-state index in [0.29, 0.717) is 5.56 Å². The molecule has 6 heteroatoms. The molecule has 0 unspecified atom stereocenters. The van der Waals surface area contributed by atoms with E-state index in [1.165, 1.54) is 11.1 Å². The zero-order valence-electron chi connectivity index (χ0n) is 15.4. The minimum atomic E-state index is -0.0310. The number of aliphatic imine (C=N–C) groups is 1. The van der Waals surface area contributed by atoms with Crippen LogP contribution >= 0.6 is 0 Å². The molecule has 2 aliphatic heterocycles. The lowest BCUT2D eigenvalue weighted by atomic mass is 10.0. The Labute approximate surface area is 159 Å². The van der Waals surface area contributed by atoms with Crippen LogP contribution in [0.4, 0.5) is 0 Å². The number of nitrogens with zero attached hydrogens (tertiary/aromatic N) is 3. The van der Waals surface area contributed by atoms with Crippen molar-refractivity contribution >= 4 is 11.7 Å². The molecular weight excluding hydrogens is 338 g/mol. The molecule has 0 bridgehead atoms. The molecule has 1 fully saturated rings. The summed E-state index contributed by atoms with van der Waals surface area (Å²) in [6.07, 6.45) is 3.12. The molecule has 0 radical (unpaired) electrons. The van der Waals surface area contributed by atoms with E-state index in [-0.39, 0.29) is 5.91 Å². The van der Waals surface area contributed by atoms with Crippen LogP contribution in [0.5, 0.6) is 0 Å². The lowest BCUT2D eigenvalue weighted by Gasteiger charge is -2.16. The van der Waals surface area contributed by atoms with Gasteiger partial charge in [0.05, 0.1) is 13.1 Å². The second-order valence-electron chi connectivity index (χ2n) is 7.10. The van der Waals surface area contributed by atoms with Crippen LogP contribution in [-0.2, 0) is 6.42 Å². The monoisotopic (exact) mass is 363 g/mol. The molecule has 0 atom stereocenters. The summed E-state index contributed by atoms with van der Waals surface area (Å²) in [6.45, 7) is 3.41. The van der Waals surface area contributed by atoms with Gasteiger partial charge in [-0.15, -0.1) is 0 Å². The fourth-order valence-corrected chi connectivity index (χ4v) is 3.54. The molecule has 0 saturated carbocycles. The number of hydrazine groups is 2. The predicted octanol–water partition coefficient (Wildman–Crippen LogP) is 1.95. The first kappa shape index (κ1) is 17.7. The van der Waals surface area contributed by atoms with E-state index in [0.717, 1.165) is 56.8 Å². The fraction of sp³-hybridized carbons (Fsp3) is 0.333. The smallest absolute Gasteiger partial charge is 0.265 e. The minimum absolute atomic E-state index is 0.0310. The fourth-order valence-electron chi connectivity index (χ4n) is 3.54. The molecule has 1 saturated heterocycles. The highest BCUT2D eigenvalue weighted by atomic mass is 16.2. The van der Waals surface area contributed by atoms with E-state index in [1.807, 2.05) is 29.3 Å². The van der Waals surface area contributed by atoms with Gasteiger partial charge in [-0.25, -0.2) is 10.9 Å². The standard InChI is InChI=1S/C21H25N5O/c22-26-14-11-23-20(26)18-7-3-16(4-8-18)15-17-5-9-19(10-6-17)21(27)24-25-12-1-2-13-25/h3-10H,1-2,11-15,22H2,(H,24,27). The van der Waals surface area contributed by atoms with Crippen LogP contribution in [0.2, 0.25) is 0 Å². The second-order valence-corrected chi connectivity index (χ2v) is 7.10. The number of amides is 1. The van der Waals surface area contributed by atoms with E-state index in [9.17, 15) is 4.79 Å². The van der Waals surface area contributed by atoms with Crippen molar-refractivity contribution in [1.82, 2.24) is 15.4 Å². The Hall–Kier alpha value is -2.70. The van der Waals surface area contributed by atoms with Gasteiger partial charge in [-0.3, -0.25) is 20.2 Å². The Morgan fingerprint density at radius 2 is 1.59 bits per heavy atom. The van der Waals surface area contributed by atoms with Crippen LogP contribution in [0.1, 0.15) is 39.9 Å². The van der Waals surface area contributed by atoms with Crippen molar-refractivity contribution in [1.29, 1.82) is 0 Å². The van der Waals surface area contributed by atoms with Crippen LogP contribution < -0.4 is 11.3 Å². The first-order valence-corrected chi connectivity index (χ1v) is 9.50. The number of nitrogens with two attached hydrogens (primary N) is 1. The molecule has 0 spiro atoms. The molecule has 27 heavy (non-hydrogen) atoms. The molecule has 1 amide bonds. The summed E-state index contributed by atoms with van der Waals surface area (Å²) in [4.78, 5) is 16.7. The summed E-state index contributed by atoms with van der Waals surface area (Å²) in [6, 6.07) is 16.2. The van der Waals surface area contributed by atoms with Gasteiger partial charge in [0.15, 0.2) is 0 Å². The molecule has 0 aliphatic carbocycles. The Morgan fingerprint density at radius 3 is 2.19 bits per heavy atom. The van der Waals surface area contributed by atoms with E-state index in [4.69, 9.17) is 5.84 Å². The summed E-state index contributed by atoms with van der Waals surface area (Å²) in [5.74, 6) is 6.75. The molecule has 2 aromatic rings. The van der Waals surface area contributed by atoms with Gasteiger partial charge >= 0.3 is 0 Å². The van der Waals surface area contributed by atoms with Crippen molar-refractivity contribution in [2.24, 2.45) is 10.8 Å². The topological polar surface area (TPSA) is 74.0 Å². The molecule has 140 valence electrons. The molecular formula is C21H25N5O. The SMILES string of the molecule is NN1CCN=C1c1ccc(Cc2ccc(C(=O)NN3CCCC3)cc2)cc1. The van der Waals surface area contributed by atoms with Gasteiger partial charge in [0.1, 0.15) is 5.84 Å². The summed E-state index contributed by atoms with van der Waals surface area (Å²) in [5, 5.41) is 3.69. The van der Waals surface area contributed by atoms with Crippen molar-refractivity contribution < 1.29 is 4.79 Å². The predicted molar refractivity (Wildman–Crippen MR) is 106 cm³/mol. The van der Waals surface area contributed by atoms with Crippen LogP contribution in [0.15, 0.2) is 53.5 Å². The van der Waals surface area contributed by atoms with Gasteiger partial charge in [-0.1, -0.05) is 36.4 Å². The Morgan fingerprint density at radius 1 is 0.963 bits per heavy atom. The largest absolute Gasteiger partial charge is 0.293 e. The van der Waals surface area contributed by atoms with Crippen molar-refractivity contribution in [3.8, 4) is 0 Å². The normalized spacial score (nSPS) is 17.2. The molecule has 2 aliphatic rings. The Balaban J connectivity index is 1.37. The summed E-state index contributed by atoms with van der Waals surface area (Å²) >= 11 is 0. The van der Waals surface area contributed by atoms with Crippen LogP contribution in [0.25, 0.3) is 0 Å². The van der Waals surface area contributed by atoms with E-state index < -0.39 is 0 Å². The number of hydrogen-bond acceptors (Lipinski definition) is 5. The molecule has 0 aromatic heterocycles.